The van der Waals surface area contributed by atoms with Crippen molar-refractivity contribution < 1.29 is 4.74 Å². The number of guanidine groups is 1. The van der Waals surface area contributed by atoms with Gasteiger partial charge in [0, 0.05) is 48.9 Å². The second kappa shape index (κ2) is 10.9. The molecule has 0 amide bonds. The summed E-state index contributed by atoms with van der Waals surface area (Å²) in [6.07, 6.45) is 9.13. The molecule has 7 heteroatoms. The monoisotopic (exact) mass is 510 g/mol. The summed E-state index contributed by atoms with van der Waals surface area (Å²) in [6.45, 7) is 7.98. The minimum Gasteiger partial charge on any atom is -0.381 e. The van der Waals surface area contributed by atoms with Crippen LogP contribution in [-0.2, 0) is 4.74 Å². The fourth-order valence-electron chi connectivity index (χ4n) is 4.67. The van der Waals surface area contributed by atoms with Gasteiger partial charge >= 0.3 is 0 Å². The van der Waals surface area contributed by atoms with Crippen LogP contribution in [0.1, 0.15) is 51.9 Å². The number of hydrogen-bond acceptors (Lipinski definition) is 4. The predicted octanol–water partition coefficient (Wildman–Crippen LogP) is 3.43. The SMILES string of the molecule is CCNC(=NCC1(N(C)C)CCOCC1)N1CCSC2(CCCCC2)C1.I. The molecule has 1 N–H and O–H groups in total. The number of ether oxygens (including phenoxy) is 1. The molecule has 3 aliphatic rings. The average Bonchev–Trinajstić information content (AvgIpc) is 2.66. The number of hydrogen-bond donors (Lipinski definition) is 1. The Morgan fingerprint density at radius 1 is 1.15 bits per heavy atom. The van der Waals surface area contributed by atoms with Crippen LogP contribution in [0.2, 0.25) is 0 Å². The zero-order chi connectivity index (χ0) is 18.5. The second-order valence-corrected chi connectivity index (χ2v) is 9.98. The first-order valence-electron chi connectivity index (χ1n) is 10.5. The third-order valence-corrected chi connectivity index (χ3v) is 8.08. The van der Waals surface area contributed by atoms with Gasteiger partial charge in [0.2, 0.25) is 0 Å². The van der Waals surface area contributed by atoms with E-state index < -0.39 is 0 Å². The lowest BCUT2D eigenvalue weighted by Gasteiger charge is -2.46. The van der Waals surface area contributed by atoms with Crippen LogP contribution in [0.15, 0.2) is 4.99 Å². The molecule has 1 spiro atoms. The van der Waals surface area contributed by atoms with Crippen molar-refractivity contribution in [2.75, 3.05) is 59.2 Å². The number of nitrogens with zero attached hydrogens (tertiary/aromatic N) is 3. The number of likely N-dealkylation sites (N-methyl/N-ethyl adjacent to an activating group) is 1. The zero-order valence-electron chi connectivity index (χ0n) is 17.5. The molecule has 1 saturated carbocycles. The van der Waals surface area contributed by atoms with E-state index in [0.29, 0.717) is 4.75 Å². The van der Waals surface area contributed by atoms with Gasteiger partial charge in [-0.15, -0.1) is 24.0 Å². The Bertz CT molecular complexity index is 471. The minimum absolute atomic E-state index is 0. The largest absolute Gasteiger partial charge is 0.381 e. The number of thioether (sulfide) groups is 1. The van der Waals surface area contributed by atoms with Crippen LogP contribution in [0.5, 0.6) is 0 Å². The molecule has 27 heavy (non-hydrogen) atoms. The van der Waals surface area contributed by atoms with Crippen LogP contribution >= 0.6 is 35.7 Å². The van der Waals surface area contributed by atoms with Gasteiger partial charge in [0.05, 0.1) is 6.54 Å². The molecule has 0 bridgehead atoms. The van der Waals surface area contributed by atoms with Gasteiger partial charge in [-0.3, -0.25) is 4.99 Å². The van der Waals surface area contributed by atoms with Crippen molar-refractivity contribution in [3.8, 4) is 0 Å². The van der Waals surface area contributed by atoms with E-state index in [4.69, 9.17) is 9.73 Å². The quantitative estimate of drug-likeness (QED) is 0.357. The van der Waals surface area contributed by atoms with Gasteiger partial charge in [0.25, 0.3) is 0 Å². The van der Waals surface area contributed by atoms with Gasteiger partial charge in [-0.05, 0) is 46.7 Å². The van der Waals surface area contributed by atoms with E-state index >= 15 is 0 Å². The molecule has 2 heterocycles. The predicted molar refractivity (Wildman–Crippen MR) is 128 cm³/mol. The Kier molecular flexibility index (Phi) is 9.49. The van der Waals surface area contributed by atoms with E-state index in [1.807, 2.05) is 0 Å². The first kappa shape index (κ1) is 23.5. The molecule has 2 aliphatic heterocycles. The summed E-state index contributed by atoms with van der Waals surface area (Å²) in [6, 6.07) is 0. The van der Waals surface area contributed by atoms with Crippen LogP contribution in [0.4, 0.5) is 0 Å². The lowest BCUT2D eigenvalue weighted by atomic mass is 9.87. The van der Waals surface area contributed by atoms with Crippen molar-refractivity contribution in [2.24, 2.45) is 4.99 Å². The molecule has 5 nitrogen and oxygen atoms in total. The summed E-state index contributed by atoms with van der Waals surface area (Å²) in [5.74, 6) is 2.36. The maximum absolute atomic E-state index is 5.62. The number of aliphatic imine (C=N–C) groups is 1. The van der Waals surface area contributed by atoms with Gasteiger partial charge in [0.1, 0.15) is 0 Å². The zero-order valence-corrected chi connectivity index (χ0v) is 20.6. The molecule has 158 valence electrons. The van der Waals surface area contributed by atoms with Crippen molar-refractivity contribution in [3.05, 3.63) is 0 Å². The van der Waals surface area contributed by atoms with Crippen molar-refractivity contribution in [1.29, 1.82) is 0 Å². The topological polar surface area (TPSA) is 40.1 Å². The van der Waals surface area contributed by atoms with E-state index in [2.05, 4.69) is 47.9 Å². The van der Waals surface area contributed by atoms with Crippen LogP contribution in [0, 0.1) is 0 Å². The summed E-state index contributed by atoms with van der Waals surface area (Å²) < 4.78 is 6.09. The highest BCUT2D eigenvalue weighted by Gasteiger charge is 2.39. The summed E-state index contributed by atoms with van der Waals surface area (Å²) in [7, 11) is 4.39. The Balaban J connectivity index is 0.00000261. The van der Waals surface area contributed by atoms with Crippen LogP contribution in [0.25, 0.3) is 0 Å². The van der Waals surface area contributed by atoms with Gasteiger partial charge in [0.15, 0.2) is 5.96 Å². The Hall–Kier alpha value is 0.270. The third kappa shape index (κ3) is 5.89. The van der Waals surface area contributed by atoms with Crippen molar-refractivity contribution >= 4 is 41.7 Å². The molecule has 1 aliphatic carbocycles. The van der Waals surface area contributed by atoms with E-state index in [-0.39, 0.29) is 29.5 Å². The smallest absolute Gasteiger partial charge is 0.194 e. The molecule has 2 saturated heterocycles. The van der Waals surface area contributed by atoms with Gasteiger partial charge in [-0.2, -0.15) is 11.8 Å². The van der Waals surface area contributed by atoms with Gasteiger partial charge < -0.3 is 19.9 Å². The normalized spacial score (nSPS) is 25.3. The van der Waals surface area contributed by atoms with Crippen LogP contribution < -0.4 is 5.32 Å². The Morgan fingerprint density at radius 3 is 2.48 bits per heavy atom. The molecule has 0 unspecified atom stereocenters. The summed E-state index contributed by atoms with van der Waals surface area (Å²) >= 11 is 2.23. The Labute approximate surface area is 187 Å². The average molecular weight is 511 g/mol. The maximum Gasteiger partial charge on any atom is 0.194 e. The highest BCUT2D eigenvalue weighted by Crippen LogP contribution is 2.42. The molecule has 0 atom stereocenters. The number of halogens is 1. The van der Waals surface area contributed by atoms with Gasteiger partial charge in [-0.1, -0.05) is 19.3 Å². The molecule has 3 rings (SSSR count). The maximum atomic E-state index is 5.62. The molecule has 0 radical (unpaired) electrons. The number of rotatable bonds is 4. The molecule has 3 fully saturated rings. The fourth-order valence-corrected chi connectivity index (χ4v) is 6.24. The summed E-state index contributed by atoms with van der Waals surface area (Å²) in [4.78, 5) is 10.1. The van der Waals surface area contributed by atoms with Crippen LogP contribution in [-0.4, -0.2) is 85.3 Å². The standard InChI is InChI=1S/C20H38N4OS.HI/c1-4-21-18(22-16-19(23(2)3)10-13-25-14-11-19)24-12-15-26-20(17-24)8-6-5-7-9-20;/h4-17H2,1-3H3,(H,21,22);1H. The highest BCUT2D eigenvalue weighted by atomic mass is 127. The molecule has 0 aromatic rings. The molecular formula is C20H39IN4OS. The summed E-state index contributed by atoms with van der Waals surface area (Å²) in [5, 5.41) is 3.59. The highest BCUT2D eigenvalue weighted by molar-refractivity contribution is 14.0. The van der Waals surface area contributed by atoms with Crippen molar-refractivity contribution in [2.45, 2.75) is 62.2 Å². The lowest BCUT2D eigenvalue weighted by Crippen LogP contribution is -2.55. The van der Waals surface area contributed by atoms with Crippen molar-refractivity contribution in [1.82, 2.24) is 15.1 Å². The minimum atomic E-state index is 0. The van der Waals surface area contributed by atoms with E-state index in [1.165, 1.54) is 44.4 Å². The Morgan fingerprint density at radius 2 is 1.85 bits per heavy atom. The lowest BCUT2D eigenvalue weighted by molar-refractivity contribution is -0.00265. The van der Waals surface area contributed by atoms with E-state index in [9.17, 15) is 0 Å². The molecular weight excluding hydrogens is 471 g/mol. The number of nitrogens with one attached hydrogen (secondary N) is 1. The first-order valence-corrected chi connectivity index (χ1v) is 11.5. The molecule has 0 aromatic heterocycles. The second-order valence-electron chi connectivity index (χ2n) is 8.41. The van der Waals surface area contributed by atoms with E-state index in [0.717, 1.165) is 51.6 Å². The first-order chi connectivity index (χ1) is 12.6. The third-order valence-electron chi connectivity index (χ3n) is 6.54. The van der Waals surface area contributed by atoms with Crippen molar-refractivity contribution in [3.63, 3.8) is 0 Å². The van der Waals surface area contributed by atoms with Gasteiger partial charge in [-0.25, -0.2) is 0 Å². The summed E-state index contributed by atoms with van der Waals surface area (Å²) in [5.41, 5.74) is 0.145. The van der Waals surface area contributed by atoms with E-state index in [1.54, 1.807) is 0 Å². The van der Waals surface area contributed by atoms with Crippen LogP contribution in [0.3, 0.4) is 0 Å². The fraction of sp³-hybridized carbons (Fsp3) is 0.950. The molecule has 0 aromatic carbocycles.